The molecule has 112 valence electrons. The van der Waals surface area contributed by atoms with Gasteiger partial charge < -0.3 is 15.5 Å². The van der Waals surface area contributed by atoms with E-state index in [1.807, 2.05) is 26.0 Å². The highest BCUT2D eigenvalue weighted by atomic mass is 16.4. The molecule has 3 N–H and O–H groups in total. The summed E-state index contributed by atoms with van der Waals surface area (Å²) in [6, 6.07) is 7.26. The number of hydrogen-bond acceptors (Lipinski definition) is 4. The smallest absolute Gasteiger partial charge is 0.337 e. The van der Waals surface area contributed by atoms with Crippen molar-refractivity contribution in [3.05, 3.63) is 36.0 Å². The summed E-state index contributed by atoms with van der Waals surface area (Å²) in [5.74, 6) is -0.391. The Morgan fingerprint density at radius 1 is 1.24 bits per heavy atom. The van der Waals surface area contributed by atoms with Gasteiger partial charge in [-0.05, 0) is 12.8 Å². The number of hydrogen-bond donors (Lipinski definition) is 3. The molecule has 0 amide bonds. The van der Waals surface area contributed by atoms with E-state index >= 15 is 0 Å². The first-order chi connectivity index (χ1) is 10.1. The molecule has 1 aromatic carbocycles. The van der Waals surface area contributed by atoms with E-state index in [4.69, 9.17) is 0 Å². The predicted molar refractivity (Wildman–Crippen MR) is 82.7 cm³/mol. The second-order valence-corrected chi connectivity index (χ2v) is 5.14. The lowest BCUT2D eigenvalue weighted by molar-refractivity contribution is 0.0698. The molecule has 0 radical (unpaired) electrons. The summed E-state index contributed by atoms with van der Waals surface area (Å²) in [5, 5.41) is 23.6. The molecule has 0 aliphatic heterocycles. The van der Waals surface area contributed by atoms with Crippen molar-refractivity contribution >= 4 is 22.6 Å². The number of carbonyl (C=O) groups is 1. The van der Waals surface area contributed by atoms with Crippen LogP contribution < -0.4 is 5.32 Å². The summed E-state index contributed by atoms with van der Waals surface area (Å²) in [4.78, 5) is 15.5. The van der Waals surface area contributed by atoms with E-state index in [0.29, 0.717) is 11.2 Å². The average molecular weight is 288 g/mol. The van der Waals surface area contributed by atoms with Crippen molar-refractivity contribution in [1.82, 2.24) is 4.98 Å². The molecule has 1 heterocycles. The lowest BCUT2D eigenvalue weighted by Gasteiger charge is -2.31. The van der Waals surface area contributed by atoms with Crippen LogP contribution >= 0.6 is 0 Å². The maximum absolute atomic E-state index is 11.3. The molecule has 0 atom stereocenters. The van der Waals surface area contributed by atoms with Gasteiger partial charge in [0.25, 0.3) is 0 Å². The van der Waals surface area contributed by atoms with Crippen LogP contribution in [-0.4, -0.2) is 33.3 Å². The molecule has 0 bridgehead atoms. The molecule has 1 aromatic heterocycles. The third-order valence-corrected chi connectivity index (χ3v) is 4.07. The molecule has 0 saturated heterocycles. The minimum Gasteiger partial charge on any atom is -0.478 e. The maximum Gasteiger partial charge on any atom is 0.337 e. The van der Waals surface area contributed by atoms with Gasteiger partial charge in [0.2, 0.25) is 0 Å². The van der Waals surface area contributed by atoms with Crippen molar-refractivity contribution in [2.45, 2.75) is 32.2 Å². The number of aromatic carboxylic acids is 1. The van der Waals surface area contributed by atoms with Gasteiger partial charge >= 0.3 is 5.97 Å². The average Bonchev–Trinajstić information content (AvgIpc) is 2.52. The number of aromatic nitrogens is 1. The number of pyridine rings is 1. The van der Waals surface area contributed by atoms with Gasteiger partial charge in [0.1, 0.15) is 5.82 Å². The van der Waals surface area contributed by atoms with E-state index in [1.165, 1.54) is 6.20 Å². The first-order valence-electron chi connectivity index (χ1n) is 7.07. The van der Waals surface area contributed by atoms with Crippen molar-refractivity contribution in [3.63, 3.8) is 0 Å². The quantitative estimate of drug-likeness (QED) is 0.761. The highest BCUT2D eigenvalue weighted by molar-refractivity contribution is 6.06. The van der Waals surface area contributed by atoms with Gasteiger partial charge in [-0.1, -0.05) is 38.1 Å². The summed E-state index contributed by atoms with van der Waals surface area (Å²) >= 11 is 0. The summed E-state index contributed by atoms with van der Waals surface area (Å²) in [5.41, 5.74) is -0.265. The molecule has 0 aliphatic rings. The predicted octanol–water partition coefficient (Wildman–Crippen LogP) is 2.90. The zero-order valence-electron chi connectivity index (χ0n) is 12.3. The van der Waals surface area contributed by atoms with Gasteiger partial charge in [-0.15, -0.1) is 0 Å². The normalized spacial score (nSPS) is 11.6. The zero-order valence-corrected chi connectivity index (χ0v) is 12.3. The van der Waals surface area contributed by atoms with E-state index in [-0.39, 0.29) is 12.2 Å². The Balaban J connectivity index is 2.56. The van der Waals surface area contributed by atoms with E-state index in [2.05, 4.69) is 10.3 Å². The standard InChI is InChI=1S/C16H20N2O3/c1-3-16(4-2,10-19)18-14-12-8-6-5-7-11(12)13(9-17-14)15(20)21/h5-9,19H,3-4,10H2,1-2H3,(H,17,18)(H,20,21). The highest BCUT2D eigenvalue weighted by Crippen LogP contribution is 2.28. The molecular weight excluding hydrogens is 268 g/mol. The van der Waals surface area contributed by atoms with Gasteiger partial charge in [-0.25, -0.2) is 9.78 Å². The Morgan fingerprint density at radius 3 is 2.38 bits per heavy atom. The topological polar surface area (TPSA) is 82.5 Å². The Bertz CT molecular complexity index is 643. The SMILES string of the molecule is CCC(CC)(CO)Nc1ncc(C(=O)O)c2ccccc12. The number of aliphatic hydroxyl groups is 1. The second kappa shape index (κ2) is 6.10. The molecule has 0 aliphatic carbocycles. The summed E-state index contributed by atoms with van der Waals surface area (Å²) in [6.45, 7) is 4.00. The number of aliphatic hydroxyl groups excluding tert-OH is 1. The Hall–Kier alpha value is -2.14. The molecule has 0 unspecified atom stereocenters. The van der Waals surface area contributed by atoms with Gasteiger partial charge in [0.15, 0.2) is 0 Å². The monoisotopic (exact) mass is 288 g/mol. The zero-order chi connectivity index (χ0) is 15.5. The molecule has 2 aromatic rings. The van der Waals surface area contributed by atoms with E-state index in [0.717, 1.165) is 18.2 Å². The van der Waals surface area contributed by atoms with Gasteiger partial charge in [0, 0.05) is 17.0 Å². The summed E-state index contributed by atoms with van der Waals surface area (Å²) < 4.78 is 0. The first kappa shape index (κ1) is 15.3. The largest absolute Gasteiger partial charge is 0.478 e. The fourth-order valence-electron chi connectivity index (χ4n) is 2.40. The van der Waals surface area contributed by atoms with Crippen molar-refractivity contribution in [2.24, 2.45) is 0 Å². The first-order valence-corrected chi connectivity index (χ1v) is 7.07. The lowest BCUT2D eigenvalue weighted by Crippen LogP contribution is -2.41. The van der Waals surface area contributed by atoms with E-state index in [9.17, 15) is 15.0 Å². The molecule has 5 heteroatoms. The van der Waals surface area contributed by atoms with E-state index < -0.39 is 11.5 Å². The lowest BCUT2D eigenvalue weighted by atomic mass is 9.93. The summed E-state index contributed by atoms with van der Waals surface area (Å²) in [6.07, 6.45) is 2.85. The number of carboxylic acid groups (broad SMARTS) is 1. The third kappa shape index (κ3) is 2.83. The molecule has 21 heavy (non-hydrogen) atoms. The second-order valence-electron chi connectivity index (χ2n) is 5.14. The van der Waals surface area contributed by atoms with Gasteiger partial charge in [-0.2, -0.15) is 0 Å². The van der Waals surface area contributed by atoms with Crippen LogP contribution in [0, 0.1) is 0 Å². The van der Waals surface area contributed by atoms with Crippen LogP contribution in [0.3, 0.4) is 0 Å². The number of carboxylic acids is 1. The number of nitrogens with zero attached hydrogens (tertiary/aromatic N) is 1. The number of benzene rings is 1. The fraction of sp³-hybridized carbons (Fsp3) is 0.375. The van der Waals surface area contributed by atoms with Crippen LogP contribution in [0.5, 0.6) is 0 Å². The number of anilines is 1. The number of fused-ring (bicyclic) bond motifs is 1. The molecule has 2 rings (SSSR count). The van der Waals surface area contributed by atoms with Crippen molar-refractivity contribution in [3.8, 4) is 0 Å². The molecular formula is C16H20N2O3. The molecule has 0 saturated carbocycles. The Morgan fingerprint density at radius 2 is 1.86 bits per heavy atom. The van der Waals surface area contributed by atoms with Gasteiger partial charge in [-0.3, -0.25) is 0 Å². The Labute approximate surface area is 123 Å². The van der Waals surface area contributed by atoms with Crippen LogP contribution in [0.25, 0.3) is 10.8 Å². The van der Waals surface area contributed by atoms with E-state index in [1.54, 1.807) is 12.1 Å². The minimum atomic E-state index is -0.996. The van der Waals surface area contributed by atoms with Crippen molar-refractivity contribution in [2.75, 3.05) is 11.9 Å². The van der Waals surface area contributed by atoms with Crippen LogP contribution in [0.15, 0.2) is 30.5 Å². The van der Waals surface area contributed by atoms with Crippen LogP contribution in [0.2, 0.25) is 0 Å². The van der Waals surface area contributed by atoms with Gasteiger partial charge in [0.05, 0.1) is 17.7 Å². The van der Waals surface area contributed by atoms with Crippen LogP contribution in [-0.2, 0) is 0 Å². The molecule has 5 nitrogen and oxygen atoms in total. The fourth-order valence-corrected chi connectivity index (χ4v) is 2.40. The third-order valence-electron chi connectivity index (χ3n) is 4.07. The van der Waals surface area contributed by atoms with Crippen LogP contribution in [0.1, 0.15) is 37.0 Å². The highest BCUT2D eigenvalue weighted by Gasteiger charge is 2.26. The Kier molecular flexibility index (Phi) is 4.43. The van der Waals surface area contributed by atoms with Crippen molar-refractivity contribution in [1.29, 1.82) is 0 Å². The minimum absolute atomic E-state index is 0.00328. The molecule has 0 fully saturated rings. The maximum atomic E-state index is 11.3. The number of rotatable bonds is 6. The number of nitrogens with one attached hydrogen (secondary N) is 1. The van der Waals surface area contributed by atoms with Crippen molar-refractivity contribution < 1.29 is 15.0 Å². The summed E-state index contributed by atoms with van der Waals surface area (Å²) in [7, 11) is 0. The molecule has 0 spiro atoms. The van der Waals surface area contributed by atoms with Crippen LogP contribution in [0.4, 0.5) is 5.82 Å².